The average Bonchev–Trinajstić information content (AvgIpc) is 2.24. The van der Waals surface area contributed by atoms with Gasteiger partial charge in [-0.2, -0.15) is 0 Å². The highest BCUT2D eigenvalue weighted by molar-refractivity contribution is 5.92. The van der Waals surface area contributed by atoms with Crippen molar-refractivity contribution in [1.29, 1.82) is 0 Å². The van der Waals surface area contributed by atoms with Crippen LogP contribution in [0, 0.1) is 23.2 Å². The van der Waals surface area contributed by atoms with Crippen molar-refractivity contribution in [2.75, 3.05) is 0 Å². The first-order valence-corrected chi connectivity index (χ1v) is 7.63. The third kappa shape index (κ3) is 10.1. The van der Waals surface area contributed by atoms with Gasteiger partial charge in [-0.1, -0.05) is 62.3 Å². The third-order valence-electron chi connectivity index (χ3n) is 2.78. The van der Waals surface area contributed by atoms with Crippen molar-refractivity contribution >= 4 is 11.6 Å². The second-order valence-corrected chi connectivity index (χ2v) is 7.69. The molecule has 0 aromatic rings. The second-order valence-electron chi connectivity index (χ2n) is 7.69. The summed E-state index contributed by atoms with van der Waals surface area (Å²) in [6.07, 6.45) is 0.259. The summed E-state index contributed by atoms with van der Waals surface area (Å²) in [5, 5.41) is 0. The molecule has 0 spiro atoms. The Morgan fingerprint density at radius 3 is 1.55 bits per heavy atom. The zero-order valence-electron chi connectivity index (χ0n) is 14.9. The van der Waals surface area contributed by atoms with Crippen molar-refractivity contribution in [3.63, 3.8) is 0 Å². The van der Waals surface area contributed by atoms with Crippen molar-refractivity contribution in [2.24, 2.45) is 28.9 Å². The molecule has 0 saturated heterocycles. The van der Waals surface area contributed by atoms with Crippen molar-refractivity contribution in [2.45, 2.75) is 74.8 Å². The van der Waals surface area contributed by atoms with Gasteiger partial charge in [0.05, 0.1) is 6.04 Å². The standard InChI is InChI=1S/C13H25NO2.C4H10/c1-8(2)11(14)10(15)7-9(3)12(16)13(4,5)6;1-4(2)3/h8-9,11H,7,14H2,1-6H3;4H,1-3H3. The molecule has 120 valence electrons. The SMILES string of the molecule is CC(C)C.CC(CC(=O)C(N)C(C)C)C(=O)C(C)(C)C. The second kappa shape index (κ2) is 9.28. The number of carbonyl (C=O) groups is 2. The quantitative estimate of drug-likeness (QED) is 0.834. The molecule has 3 heteroatoms. The van der Waals surface area contributed by atoms with Gasteiger partial charge in [-0.15, -0.1) is 0 Å². The van der Waals surface area contributed by atoms with Crippen LogP contribution in [-0.2, 0) is 9.59 Å². The molecule has 0 heterocycles. The lowest BCUT2D eigenvalue weighted by atomic mass is 9.81. The summed E-state index contributed by atoms with van der Waals surface area (Å²) in [7, 11) is 0. The molecule has 0 aromatic carbocycles. The molecular weight excluding hydrogens is 250 g/mol. The summed E-state index contributed by atoms with van der Waals surface area (Å²) >= 11 is 0. The van der Waals surface area contributed by atoms with Gasteiger partial charge in [0, 0.05) is 17.8 Å². The van der Waals surface area contributed by atoms with Gasteiger partial charge in [0.2, 0.25) is 0 Å². The average molecular weight is 285 g/mol. The maximum absolute atomic E-state index is 11.9. The van der Waals surface area contributed by atoms with Gasteiger partial charge in [0.1, 0.15) is 11.6 Å². The summed E-state index contributed by atoms with van der Waals surface area (Å²) < 4.78 is 0. The van der Waals surface area contributed by atoms with E-state index >= 15 is 0 Å². The highest BCUT2D eigenvalue weighted by Gasteiger charge is 2.29. The number of nitrogens with two attached hydrogens (primary N) is 1. The van der Waals surface area contributed by atoms with Crippen molar-refractivity contribution in [3.8, 4) is 0 Å². The van der Waals surface area contributed by atoms with E-state index in [0.29, 0.717) is 0 Å². The van der Waals surface area contributed by atoms with Crippen LogP contribution in [-0.4, -0.2) is 17.6 Å². The maximum Gasteiger partial charge on any atom is 0.150 e. The van der Waals surface area contributed by atoms with Crippen LogP contribution in [0.4, 0.5) is 0 Å². The number of carbonyl (C=O) groups excluding carboxylic acids is 2. The Balaban J connectivity index is 0. The molecule has 0 aliphatic carbocycles. The van der Waals surface area contributed by atoms with E-state index in [9.17, 15) is 9.59 Å². The molecule has 0 aromatic heterocycles. The molecule has 0 aliphatic rings. The van der Waals surface area contributed by atoms with E-state index in [1.165, 1.54) is 0 Å². The number of ketones is 2. The fourth-order valence-electron chi connectivity index (χ4n) is 1.64. The lowest BCUT2D eigenvalue weighted by molar-refractivity contribution is -0.133. The molecule has 3 nitrogen and oxygen atoms in total. The molecule has 20 heavy (non-hydrogen) atoms. The van der Waals surface area contributed by atoms with Crippen LogP contribution in [0.15, 0.2) is 0 Å². The zero-order valence-corrected chi connectivity index (χ0v) is 14.9. The Morgan fingerprint density at radius 1 is 0.950 bits per heavy atom. The van der Waals surface area contributed by atoms with Crippen LogP contribution >= 0.6 is 0 Å². The van der Waals surface area contributed by atoms with E-state index in [1.807, 2.05) is 34.6 Å². The molecular formula is C17H35NO2. The van der Waals surface area contributed by atoms with E-state index in [2.05, 4.69) is 20.8 Å². The maximum atomic E-state index is 11.9. The van der Waals surface area contributed by atoms with Gasteiger partial charge < -0.3 is 5.73 Å². The van der Waals surface area contributed by atoms with Crippen LogP contribution in [0.5, 0.6) is 0 Å². The van der Waals surface area contributed by atoms with Crippen LogP contribution in [0.25, 0.3) is 0 Å². The zero-order chi connectivity index (χ0) is 16.7. The Hall–Kier alpha value is -0.700. The number of hydrogen-bond acceptors (Lipinski definition) is 3. The monoisotopic (exact) mass is 285 g/mol. The fraction of sp³-hybridized carbons (Fsp3) is 0.882. The van der Waals surface area contributed by atoms with Crippen molar-refractivity contribution in [1.82, 2.24) is 0 Å². The van der Waals surface area contributed by atoms with Gasteiger partial charge in [0.15, 0.2) is 0 Å². The lowest BCUT2D eigenvalue weighted by Gasteiger charge is -2.23. The molecule has 0 saturated carbocycles. The van der Waals surface area contributed by atoms with Crippen LogP contribution in [0.1, 0.15) is 68.7 Å². The summed E-state index contributed by atoms with van der Waals surface area (Å²) in [6, 6.07) is -0.449. The molecule has 0 rings (SSSR count). The summed E-state index contributed by atoms with van der Waals surface area (Å²) in [6.45, 7) is 17.8. The topological polar surface area (TPSA) is 60.2 Å². The van der Waals surface area contributed by atoms with Crippen molar-refractivity contribution in [3.05, 3.63) is 0 Å². The molecule has 0 fully saturated rings. The van der Waals surface area contributed by atoms with Gasteiger partial charge in [-0.3, -0.25) is 9.59 Å². The van der Waals surface area contributed by atoms with E-state index in [1.54, 1.807) is 6.92 Å². The molecule has 0 amide bonds. The van der Waals surface area contributed by atoms with E-state index in [4.69, 9.17) is 5.73 Å². The minimum absolute atomic E-state index is 0.0138. The summed E-state index contributed by atoms with van der Waals surface area (Å²) in [4.78, 5) is 23.6. The molecule has 2 N–H and O–H groups in total. The number of Topliss-reactive ketones (excluding diaryl/α,β-unsaturated/α-hetero) is 2. The van der Waals surface area contributed by atoms with Crippen LogP contribution in [0.3, 0.4) is 0 Å². The van der Waals surface area contributed by atoms with Crippen LogP contribution in [0.2, 0.25) is 0 Å². The largest absolute Gasteiger partial charge is 0.321 e. The van der Waals surface area contributed by atoms with E-state index in [0.717, 1.165) is 5.92 Å². The number of hydrogen-bond donors (Lipinski definition) is 1. The van der Waals surface area contributed by atoms with E-state index < -0.39 is 6.04 Å². The third-order valence-corrected chi connectivity index (χ3v) is 2.78. The van der Waals surface area contributed by atoms with Crippen LogP contribution < -0.4 is 5.73 Å². The first-order chi connectivity index (χ1) is 8.80. The Bertz CT molecular complexity index is 298. The number of rotatable bonds is 5. The Morgan fingerprint density at radius 2 is 1.30 bits per heavy atom. The summed E-state index contributed by atoms with van der Waals surface area (Å²) in [5.74, 6) is 0.832. The molecule has 2 unspecified atom stereocenters. The minimum atomic E-state index is -0.449. The normalized spacial score (nSPS) is 14.6. The predicted octanol–water partition coefficient (Wildman–Crippen LogP) is 3.84. The molecule has 0 radical (unpaired) electrons. The molecule has 2 atom stereocenters. The van der Waals surface area contributed by atoms with Gasteiger partial charge in [-0.05, 0) is 11.8 Å². The molecule has 0 bridgehead atoms. The smallest absolute Gasteiger partial charge is 0.150 e. The highest BCUT2D eigenvalue weighted by atomic mass is 16.1. The van der Waals surface area contributed by atoms with Gasteiger partial charge >= 0.3 is 0 Å². The van der Waals surface area contributed by atoms with Gasteiger partial charge in [0.25, 0.3) is 0 Å². The highest BCUT2D eigenvalue weighted by Crippen LogP contribution is 2.22. The van der Waals surface area contributed by atoms with E-state index in [-0.39, 0.29) is 35.2 Å². The fourth-order valence-corrected chi connectivity index (χ4v) is 1.64. The minimum Gasteiger partial charge on any atom is -0.321 e. The lowest BCUT2D eigenvalue weighted by Crippen LogP contribution is -2.38. The van der Waals surface area contributed by atoms with Gasteiger partial charge in [-0.25, -0.2) is 0 Å². The first kappa shape index (κ1) is 21.6. The first-order valence-electron chi connectivity index (χ1n) is 7.63. The Kier molecular flexibility index (Phi) is 10.0. The Labute approximate surface area is 125 Å². The predicted molar refractivity (Wildman–Crippen MR) is 86.6 cm³/mol. The van der Waals surface area contributed by atoms with Crippen molar-refractivity contribution < 1.29 is 9.59 Å². The summed E-state index contributed by atoms with van der Waals surface area (Å²) in [5.41, 5.74) is 5.37. The molecule has 0 aliphatic heterocycles.